The molecule has 1 unspecified atom stereocenters. The van der Waals surface area contributed by atoms with E-state index in [4.69, 9.17) is 10.5 Å². The first-order valence-electron chi connectivity index (χ1n) is 6.51. The topological polar surface area (TPSA) is 55.6 Å². The lowest BCUT2D eigenvalue weighted by Crippen LogP contribution is -2.47. The van der Waals surface area contributed by atoms with Crippen molar-refractivity contribution in [2.24, 2.45) is 5.73 Å². The summed E-state index contributed by atoms with van der Waals surface area (Å²) in [6.45, 7) is 0.222. The SMILES string of the molecule is CN1C(=O)C(CN)Oc2cc3c(cc21)CCCC3. The lowest BCUT2D eigenvalue weighted by Gasteiger charge is -2.33. The maximum absolute atomic E-state index is 12.0. The Morgan fingerprint density at radius 3 is 2.67 bits per heavy atom. The van der Waals surface area contributed by atoms with Gasteiger partial charge in [0.25, 0.3) is 5.91 Å². The van der Waals surface area contributed by atoms with E-state index in [-0.39, 0.29) is 12.5 Å². The number of benzene rings is 1. The van der Waals surface area contributed by atoms with E-state index in [0.29, 0.717) is 0 Å². The fraction of sp³-hybridized carbons (Fsp3) is 0.500. The maximum atomic E-state index is 12.0. The number of carbonyl (C=O) groups excluding carboxylic acids is 1. The molecule has 1 aliphatic heterocycles. The second-order valence-corrected chi connectivity index (χ2v) is 5.04. The third kappa shape index (κ3) is 1.68. The number of amides is 1. The van der Waals surface area contributed by atoms with Crippen molar-refractivity contribution in [3.63, 3.8) is 0 Å². The Hall–Kier alpha value is -1.55. The molecule has 4 nitrogen and oxygen atoms in total. The summed E-state index contributed by atoms with van der Waals surface area (Å²) in [6, 6.07) is 4.20. The van der Waals surface area contributed by atoms with Crippen molar-refractivity contribution in [3.8, 4) is 5.75 Å². The number of anilines is 1. The van der Waals surface area contributed by atoms with Crippen LogP contribution in [0.25, 0.3) is 0 Å². The molecule has 0 fully saturated rings. The van der Waals surface area contributed by atoms with Crippen molar-refractivity contribution >= 4 is 11.6 Å². The van der Waals surface area contributed by atoms with Crippen LogP contribution >= 0.6 is 0 Å². The second-order valence-electron chi connectivity index (χ2n) is 5.04. The quantitative estimate of drug-likeness (QED) is 0.811. The minimum Gasteiger partial charge on any atom is -0.477 e. The van der Waals surface area contributed by atoms with E-state index in [2.05, 4.69) is 12.1 Å². The van der Waals surface area contributed by atoms with Crippen LogP contribution in [0.15, 0.2) is 12.1 Å². The van der Waals surface area contributed by atoms with Crippen molar-refractivity contribution in [1.29, 1.82) is 0 Å². The van der Waals surface area contributed by atoms with Crippen LogP contribution in [0.5, 0.6) is 5.75 Å². The molecule has 0 bridgehead atoms. The van der Waals surface area contributed by atoms with Gasteiger partial charge in [-0.05, 0) is 48.9 Å². The third-order valence-corrected chi connectivity index (χ3v) is 3.87. The van der Waals surface area contributed by atoms with Gasteiger partial charge in [-0.15, -0.1) is 0 Å². The number of nitrogens with two attached hydrogens (primary N) is 1. The summed E-state index contributed by atoms with van der Waals surface area (Å²) in [5.74, 6) is 0.744. The van der Waals surface area contributed by atoms with Crippen molar-refractivity contribution in [2.45, 2.75) is 31.8 Å². The zero-order valence-electron chi connectivity index (χ0n) is 10.6. The zero-order chi connectivity index (χ0) is 12.7. The smallest absolute Gasteiger partial charge is 0.269 e. The van der Waals surface area contributed by atoms with Crippen LogP contribution in [-0.4, -0.2) is 25.6 Å². The van der Waals surface area contributed by atoms with Crippen LogP contribution in [0.4, 0.5) is 5.69 Å². The molecule has 2 N–H and O–H groups in total. The molecule has 1 atom stereocenters. The van der Waals surface area contributed by atoms with Gasteiger partial charge in [-0.3, -0.25) is 4.79 Å². The first-order chi connectivity index (χ1) is 8.70. The summed E-state index contributed by atoms with van der Waals surface area (Å²) in [6.07, 6.45) is 4.14. The average molecular weight is 246 g/mol. The minimum atomic E-state index is -0.538. The highest BCUT2D eigenvalue weighted by molar-refractivity contribution is 5.99. The average Bonchev–Trinajstić information content (AvgIpc) is 2.41. The number of nitrogens with zero attached hydrogens (tertiary/aromatic N) is 1. The number of carbonyl (C=O) groups is 1. The summed E-state index contributed by atoms with van der Waals surface area (Å²) in [5, 5.41) is 0. The van der Waals surface area contributed by atoms with Crippen molar-refractivity contribution < 1.29 is 9.53 Å². The summed E-state index contributed by atoms with van der Waals surface area (Å²) >= 11 is 0. The van der Waals surface area contributed by atoms with Gasteiger partial charge >= 0.3 is 0 Å². The zero-order valence-corrected chi connectivity index (χ0v) is 10.6. The van der Waals surface area contributed by atoms with Gasteiger partial charge in [0.05, 0.1) is 5.69 Å². The predicted molar refractivity (Wildman–Crippen MR) is 70.0 cm³/mol. The first-order valence-corrected chi connectivity index (χ1v) is 6.51. The highest BCUT2D eigenvalue weighted by atomic mass is 16.5. The molecular weight excluding hydrogens is 228 g/mol. The van der Waals surface area contributed by atoms with Crippen LogP contribution in [0.3, 0.4) is 0 Å². The minimum absolute atomic E-state index is 0.0549. The normalized spacial score (nSPS) is 22.2. The van der Waals surface area contributed by atoms with Gasteiger partial charge in [-0.2, -0.15) is 0 Å². The lowest BCUT2D eigenvalue weighted by atomic mass is 9.90. The Morgan fingerprint density at radius 2 is 2.00 bits per heavy atom. The number of hydrogen-bond acceptors (Lipinski definition) is 3. The molecule has 0 aromatic heterocycles. The van der Waals surface area contributed by atoms with Gasteiger partial charge in [0.15, 0.2) is 6.10 Å². The number of fused-ring (bicyclic) bond motifs is 2. The molecule has 3 rings (SSSR count). The van der Waals surface area contributed by atoms with Gasteiger partial charge in [-0.1, -0.05) is 0 Å². The van der Waals surface area contributed by atoms with Crippen LogP contribution in [0.2, 0.25) is 0 Å². The van der Waals surface area contributed by atoms with E-state index in [9.17, 15) is 4.79 Å². The number of aryl methyl sites for hydroxylation is 2. The van der Waals surface area contributed by atoms with Gasteiger partial charge in [0.1, 0.15) is 5.75 Å². The van der Waals surface area contributed by atoms with Gasteiger partial charge in [0, 0.05) is 13.6 Å². The van der Waals surface area contributed by atoms with Crippen LogP contribution in [0.1, 0.15) is 24.0 Å². The Morgan fingerprint density at radius 1 is 1.33 bits per heavy atom. The van der Waals surface area contributed by atoms with Crippen molar-refractivity contribution in [3.05, 3.63) is 23.3 Å². The largest absolute Gasteiger partial charge is 0.477 e. The molecule has 1 amide bonds. The van der Waals surface area contributed by atoms with E-state index in [1.807, 2.05) is 0 Å². The highest BCUT2D eigenvalue weighted by Crippen LogP contribution is 2.37. The van der Waals surface area contributed by atoms with Crippen LogP contribution in [0, 0.1) is 0 Å². The number of rotatable bonds is 1. The predicted octanol–water partition coefficient (Wildman–Crippen LogP) is 1.25. The van der Waals surface area contributed by atoms with Gasteiger partial charge in [-0.25, -0.2) is 0 Å². The monoisotopic (exact) mass is 246 g/mol. The molecule has 0 saturated carbocycles. The van der Waals surface area contributed by atoms with E-state index >= 15 is 0 Å². The van der Waals surface area contributed by atoms with E-state index < -0.39 is 6.10 Å². The number of hydrogen-bond donors (Lipinski definition) is 1. The highest BCUT2D eigenvalue weighted by Gasteiger charge is 2.32. The Balaban J connectivity index is 2.06. The first kappa shape index (κ1) is 11.5. The molecule has 1 aliphatic carbocycles. The fourth-order valence-corrected chi connectivity index (χ4v) is 2.79. The fourth-order valence-electron chi connectivity index (χ4n) is 2.79. The molecule has 96 valence electrons. The molecule has 0 saturated heterocycles. The van der Waals surface area contributed by atoms with Crippen molar-refractivity contribution in [2.75, 3.05) is 18.5 Å². The molecule has 0 radical (unpaired) electrons. The standard InChI is InChI=1S/C14H18N2O2/c1-16-11-6-9-4-2-3-5-10(9)7-12(11)18-13(8-15)14(16)17/h6-7,13H,2-5,8,15H2,1H3. The van der Waals surface area contributed by atoms with Gasteiger partial charge < -0.3 is 15.4 Å². The van der Waals surface area contributed by atoms with E-state index in [0.717, 1.165) is 24.3 Å². The summed E-state index contributed by atoms with van der Waals surface area (Å²) in [7, 11) is 1.79. The molecule has 2 aliphatic rings. The molecule has 18 heavy (non-hydrogen) atoms. The second kappa shape index (κ2) is 4.28. The molecule has 0 spiro atoms. The summed E-state index contributed by atoms with van der Waals surface area (Å²) < 4.78 is 5.71. The Kier molecular flexibility index (Phi) is 2.74. The molecule has 1 heterocycles. The van der Waals surface area contributed by atoms with Crippen molar-refractivity contribution in [1.82, 2.24) is 0 Å². The third-order valence-electron chi connectivity index (χ3n) is 3.87. The van der Waals surface area contributed by atoms with E-state index in [1.54, 1.807) is 11.9 Å². The molecule has 4 heteroatoms. The number of likely N-dealkylation sites (N-methyl/N-ethyl adjacent to an activating group) is 1. The summed E-state index contributed by atoms with van der Waals surface area (Å²) in [4.78, 5) is 13.7. The maximum Gasteiger partial charge on any atom is 0.269 e. The van der Waals surface area contributed by atoms with Gasteiger partial charge in [0.2, 0.25) is 0 Å². The Bertz CT molecular complexity index is 499. The molecular formula is C14H18N2O2. The lowest BCUT2D eigenvalue weighted by molar-refractivity contribution is -0.125. The molecule has 1 aromatic rings. The number of ether oxygens (including phenoxy) is 1. The van der Waals surface area contributed by atoms with E-state index in [1.165, 1.54) is 24.0 Å². The van der Waals surface area contributed by atoms with Crippen LogP contribution < -0.4 is 15.4 Å². The Labute approximate surface area is 107 Å². The summed E-state index contributed by atoms with van der Waals surface area (Å²) in [5.41, 5.74) is 9.17. The van der Waals surface area contributed by atoms with Crippen LogP contribution in [-0.2, 0) is 17.6 Å². The molecule has 1 aromatic carbocycles.